The highest BCUT2D eigenvalue weighted by Gasteiger charge is 2.47. The van der Waals surface area contributed by atoms with Gasteiger partial charge in [-0.2, -0.15) is 5.21 Å². The van der Waals surface area contributed by atoms with Crippen LogP contribution in [0.15, 0.2) is 0 Å². The second-order valence-corrected chi connectivity index (χ2v) is 6.66. The molecule has 2 atom stereocenters. The van der Waals surface area contributed by atoms with Crippen LogP contribution in [0, 0.1) is 11.3 Å². The molecule has 1 aromatic heterocycles. The number of hydrogen-bond donors (Lipinski definition) is 2. The SMILES string of the molecule is CC1(CNC(=O)[C@@H]2C[C@H]2c2nn[nH]n2)CCCCCC1. The first kappa shape index (κ1) is 13.5. The first-order chi connectivity index (χ1) is 9.68. The molecule has 0 radical (unpaired) electrons. The van der Waals surface area contributed by atoms with Crippen LogP contribution in [0.1, 0.15) is 63.6 Å². The van der Waals surface area contributed by atoms with Gasteiger partial charge in [0.2, 0.25) is 5.91 Å². The molecule has 0 aromatic carbocycles. The summed E-state index contributed by atoms with van der Waals surface area (Å²) in [5.41, 5.74) is 0.280. The minimum absolute atomic E-state index is 0.0435. The summed E-state index contributed by atoms with van der Waals surface area (Å²) >= 11 is 0. The Morgan fingerprint density at radius 3 is 2.75 bits per heavy atom. The van der Waals surface area contributed by atoms with Crippen LogP contribution < -0.4 is 5.32 Å². The Morgan fingerprint density at radius 1 is 1.35 bits per heavy atom. The van der Waals surface area contributed by atoms with Gasteiger partial charge in [0.05, 0.1) is 0 Å². The van der Waals surface area contributed by atoms with Gasteiger partial charge in [0, 0.05) is 18.4 Å². The van der Waals surface area contributed by atoms with Gasteiger partial charge < -0.3 is 5.32 Å². The largest absolute Gasteiger partial charge is 0.355 e. The lowest BCUT2D eigenvalue weighted by Gasteiger charge is -2.28. The van der Waals surface area contributed by atoms with Crippen LogP contribution >= 0.6 is 0 Å². The van der Waals surface area contributed by atoms with Crippen LogP contribution in [-0.2, 0) is 4.79 Å². The summed E-state index contributed by atoms with van der Waals surface area (Å²) in [4.78, 5) is 12.2. The van der Waals surface area contributed by atoms with Gasteiger partial charge in [0.25, 0.3) is 0 Å². The van der Waals surface area contributed by atoms with Crippen molar-refractivity contribution in [1.82, 2.24) is 25.9 Å². The second kappa shape index (κ2) is 5.50. The molecular formula is C14H23N5O. The molecule has 6 nitrogen and oxygen atoms in total. The quantitative estimate of drug-likeness (QED) is 0.822. The third-order valence-electron chi connectivity index (χ3n) is 4.82. The third kappa shape index (κ3) is 2.99. The van der Waals surface area contributed by atoms with E-state index in [0.717, 1.165) is 13.0 Å². The normalized spacial score (nSPS) is 28.6. The molecule has 20 heavy (non-hydrogen) atoms. The molecule has 0 spiro atoms. The summed E-state index contributed by atoms with van der Waals surface area (Å²) in [5.74, 6) is 1.04. The van der Waals surface area contributed by atoms with Gasteiger partial charge in [0.1, 0.15) is 0 Å². The van der Waals surface area contributed by atoms with Crippen molar-refractivity contribution in [3.63, 3.8) is 0 Å². The number of nitrogens with one attached hydrogen (secondary N) is 2. The van der Waals surface area contributed by atoms with E-state index in [1.165, 1.54) is 38.5 Å². The molecule has 1 aromatic rings. The molecule has 3 rings (SSSR count). The molecule has 6 heteroatoms. The van der Waals surface area contributed by atoms with Gasteiger partial charge in [-0.15, -0.1) is 10.2 Å². The zero-order chi connectivity index (χ0) is 14.0. The maximum atomic E-state index is 12.2. The lowest BCUT2D eigenvalue weighted by Crippen LogP contribution is -2.36. The summed E-state index contributed by atoms with van der Waals surface area (Å²) in [5, 5.41) is 17.1. The van der Waals surface area contributed by atoms with E-state index in [-0.39, 0.29) is 23.2 Å². The minimum Gasteiger partial charge on any atom is -0.355 e. The van der Waals surface area contributed by atoms with Crippen LogP contribution in [0.5, 0.6) is 0 Å². The summed E-state index contributed by atoms with van der Waals surface area (Å²) in [7, 11) is 0. The molecule has 0 saturated heterocycles. The number of hydrogen-bond acceptors (Lipinski definition) is 4. The van der Waals surface area contributed by atoms with E-state index >= 15 is 0 Å². The highest BCUT2D eigenvalue weighted by atomic mass is 16.2. The highest BCUT2D eigenvalue weighted by Crippen LogP contribution is 2.46. The number of rotatable bonds is 4. The Labute approximate surface area is 119 Å². The minimum atomic E-state index is 0.0435. The Kier molecular flexibility index (Phi) is 3.72. The average Bonchev–Trinajstić information content (AvgIpc) is 3.12. The van der Waals surface area contributed by atoms with Crippen LogP contribution in [0.25, 0.3) is 0 Å². The molecule has 2 saturated carbocycles. The lowest BCUT2D eigenvalue weighted by atomic mass is 9.82. The molecule has 0 bridgehead atoms. The Morgan fingerprint density at radius 2 is 2.10 bits per heavy atom. The van der Waals surface area contributed by atoms with Gasteiger partial charge in [-0.25, -0.2) is 0 Å². The number of carbonyl (C=O) groups excluding carboxylic acids is 1. The van der Waals surface area contributed by atoms with Crippen LogP contribution in [0.4, 0.5) is 0 Å². The molecule has 2 aliphatic rings. The van der Waals surface area contributed by atoms with Crippen molar-refractivity contribution in [2.45, 2.75) is 57.8 Å². The zero-order valence-corrected chi connectivity index (χ0v) is 12.1. The number of amides is 1. The van der Waals surface area contributed by atoms with Crippen molar-refractivity contribution in [3.8, 4) is 0 Å². The van der Waals surface area contributed by atoms with Crippen molar-refractivity contribution in [3.05, 3.63) is 5.82 Å². The standard InChI is InChI=1S/C14H23N5O/c1-14(6-4-2-3-5-7-14)9-15-13(20)11-8-10(11)12-16-18-19-17-12/h10-11H,2-9H2,1H3,(H,15,20)(H,16,17,18,19)/t10-,11-/m1/s1. The van der Waals surface area contributed by atoms with E-state index in [0.29, 0.717) is 5.82 Å². The van der Waals surface area contributed by atoms with E-state index in [2.05, 4.69) is 32.9 Å². The Bertz CT molecular complexity index is 450. The first-order valence-corrected chi connectivity index (χ1v) is 7.69. The predicted molar refractivity (Wildman–Crippen MR) is 73.8 cm³/mol. The van der Waals surface area contributed by atoms with Crippen LogP contribution in [0.2, 0.25) is 0 Å². The average molecular weight is 277 g/mol. The molecule has 1 amide bonds. The third-order valence-corrected chi connectivity index (χ3v) is 4.82. The zero-order valence-electron chi connectivity index (χ0n) is 12.1. The van der Waals surface area contributed by atoms with Crippen molar-refractivity contribution in [2.24, 2.45) is 11.3 Å². The summed E-state index contributed by atoms with van der Waals surface area (Å²) in [6.45, 7) is 3.11. The number of aromatic amines is 1. The number of aromatic nitrogens is 4. The predicted octanol–water partition coefficient (Wildman–Crippen LogP) is 1.78. The van der Waals surface area contributed by atoms with E-state index < -0.39 is 0 Å². The maximum Gasteiger partial charge on any atom is 0.223 e. The van der Waals surface area contributed by atoms with Gasteiger partial charge in [-0.1, -0.05) is 37.8 Å². The number of tetrazole rings is 1. The van der Waals surface area contributed by atoms with Gasteiger partial charge in [-0.3, -0.25) is 4.79 Å². The number of H-pyrrole nitrogens is 1. The summed E-state index contributed by atoms with van der Waals surface area (Å²) < 4.78 is 0. The molecule has 0 aliphatic heterocycles. The van der Waals surface area contributed by atoms with E-state index in [1.807, 2.05) is 0 Å². The molecule has 0 unspecified atom stereocenters. The Hall–Kier alpha value is -1.46. The number of carbonyl (C=O) groups is 1. The monoisotopic (exact) mass is 277 g/mol. The first-order valence-electron chi connectivity index (χ1n) is 7.69. The van der Waals surface area contributed by atoms with Crippen molar-refractivity contribution >= 4 is 5.91 Å². The summed E-state index contributed by atoms with van der Waals surface area (Å²) in [6, 6.07) is 0. The molecule has 1 heterocycles. The van der Waals surface area contributed by atoms with E-state index in [1.54, 1.807) is 0 Å². The van der Waals surface area contributed by atoms with Crippen molar-refractivity contribution < 1.29 is 4.79 Å². The van der Waals surface area contributed by atoms with E-state index in [9.17, 15) is 4.79 Å². The smallest absolute Gasteiger partial charge is 0.223 e. The molecule has 2 fully saturated rings. The van der Waals surface area contributed by atoms with Crippen molar-refractivity contribution in [2.75, 3.05) is 6.54 Å². The van der Waals surface area contributed by atoms with E-state index in [4.69, 9.17) is 0 Å². The van der Waals surface area contributed by atoms with Gasteiger partial charge >= 0.3 is 0 Å². The lowest BCUT2D eigenvalue weighted by molar-refractivity contribution is -0.123. The summed E-state index contributed by atoms with van der Waals surface area (Å²) in [6.07, 6.45) is 8.57. The van der Waals surface area contributed by atoms with Crippen LogP contribution in [0.3, 0.4) is 0 Å². The second-order valence-electron chi connectivity index (χ2n) is 6.66. The van der Waals surface area contributed by atoms with Crippen LogP contribution in [-0.4, -0.2) is 33.1 Å². The van der Waals surface area contributed by atoms with Gasteiger partial charge in [-0.05, 0) is 24.7 Å². The highest BCUT2D eigenvalue weighted by molar-refractivity contribution is 5.82. The van der Waals surface area contributed by atoms with Crippen molar-refractivity contribution in [1.29, 1.82) is 0 Å². The maximum absolute atomic E-state index is 12.2. The topological polar surface area (TPSA) is 83.6 Å². The fourth-order valence-electron chi connectivity index (χ4n) is 3.29. The fourth-order valence-corrected chi connectivity index (χ4v) is 3.29. The number of nitrogens with zero attached hydrogens (tertiary/aromatic N) is 3. The molecular weight excluding hydrogens is 254 g/mol. The molecule has 2 aliphatic carbocycles. The molecule has 110 valence electrons. The Balaban J connectivity index is 1.48. The fraction of sp³-hybridized carbons (Fsp3) is 0.857. The van der Waals surface area contributed by atoms with Gasteiger partial charge in [0.15, 0.2) is 5.82 Å². The molecule has 2 N–H and O–H groups in total.